The van der Waals surface area contributed by atoms with Crippen molar-refractivity contribution in [3.8, 4) is 11.5 Å². The first-order valence-corrected chi connectivity index (χ1v) is 4.26. The quantitative estimate of drug-likeness (QED) is 0.853. The number of hydrogen-bond acceptors (Lipinski definition) is 2. The Labute approximate surface area is 78.1 Å². The lowest BCUT2D eigenvalue weighted by atomic mass is 10.3. The van der Waals surface area contributed by atoms with Crippen molar-refractivity contribution < 1.29 is 14.2 Å². The molecule has 1 N–H and O–H groups in total. The third-order valence-electron chi connectivity index (χ3n) is 1.33. The molecule has 2 nitrogen and oxygen atoms in total. The molecular weight excluding hydrogens is 227 g/mol. The van der Waals surface area contributed by atoms with E-state index in [1.165, 1.54) is 6.07 Å². The normalized spacial score (nSPS) is 9.92. The van der Waals surface area contributed by atoms with Crippen molar-refractivity contribution in [3.63, 3.8) is 0 Å². The van der Waals surface area contributed by atoms with E-state index in [1.807, 2.05) is 6.92 Å². The van der Waals surface area contributed by atoms with Gasteiger partial charge in [0.15, 0.2) is 11.6 Å². The van der Waals surface area contributed by atoms with Gasteiger partial charge in [-0.2, -0.15) is 0 Å². The van der Waals surface area contributed by atoms with Crippen molar-refractivity contribution in [3.05, 3.63) is 22.4 Å². The Morgan fingerprint density at radius 2 is 2.25 bits per heavy atom. The summed E-state index contributed by atoms with van der Waals surface area (Å²) < 4.78 is 18.0. The van der Waals surface area contributed by atoms with Crippen LogP contribution in [0.3, 0.4) is 0 Å². The summed E-state index contributed by atoms with van der Waals surface area (Å²) in [6.45, 7) is 2.29. The number of aromatic hydroxyl groups is 1. The smallest absolute Gasteiger partial charge is 0.169 e. The second-order valence-corrected chi connectivity index (χ2v) is 2.93. The van der Waals surface area contributed by atoms with Gasteiger partial charge in [0.05, 0.1) is 6.61 Å². The summed E-state index contributed by atoms with van der Waals surface area (Å²) in [5, 5.41) is 9.11. The van der Waals surface area contributed by atoms with Gasteiger partial charge in [-0.05, 0) is 35.0 Å². The predicted molar refractivity (Wildman–Crippen MR) is 46.9 cm³/mol. The topological polar surface area (TPSA) is 29.5 Å². The fraction of sp³-hybridized carbons (Fsp3) is 0.250. The maximum Gasteiger partial charge on any atom is 0.169 e. The molecule has 4 heteroatoms. The van der Waals surface area contributed by atoms with Gasteiger partial charge in [-0.25, -0.2) is 4.39 Å². The lowest BCUT2D eigenvalue weighted by Gasteiger charge is -2.06. The van der Waals surface area contributed by atoms with E-state index in [-0.39, 0.29) is 4.47 Å². The first-order chi connectivity index (χ1) is 5.66. The summed E-state index contributed by atoms with van der Waals surface area (Å²) in [4.78, 5) is 0. The molecule has 66 valence electrons. The van der Waals surface area contributed by atoms with E-state index in [0.29, 0.717) is 12.4 Å². The molecule has 0 radical (unpaired) electrons. The highest BCUT2D eigenvalue weighted by Gasteiger charge is 2.10. The molecule has 0 aliphatic rings. The van der Waals surface area contributed by atoms with Gasteiger partial charge in [0, 0.05) is 0 Å². The van der Waals surface area contributed by atoms with Gasteiger partial charge in [-0.15, -0.1) is 0 Å². The predicted octanol–water partition coefficient (Wildman–Crippen LogP) is 2.69. The van der Waals surface area contributed by atoms with Gasteiger partial charge >= 0.3 is 0 Å². The molecule has 1 aromatic carbocycles. The van der Waals surface area contributed by atoms with Crippen molar-refractivity contribution >= 4 is 15.9 Å². The Bertz CT molecular complexity index is 289. The minimum absolute atomic E-state index is 0.254. The average molecular weight is 235 g/mol. The minimum atomic E-state index is -0.662. The van der Waals surface area contributed by atoms with Gasteiger partial charge in [0.2, 0.25) is 0 Å². The van der Waals surface area contributed by atoms with Crippen LogP contribution in [-0.2, 0) is 0 Å². The van der Waals surface area contributed by atoms with Crippen LogP contribution in [0.1, 0.15) is 6.92 Å². The summed E-state index contributed by atoms with van der Waals surface area (Å²) in [5.74, 6) is -0.636. The average Bonchev–Trinajstić information content (AvgIpc) is 2.07. The number of benzene rings is 1. The Hall–Kier alpha value is -0.770. The molecule has 0 unspecified atom stereocenters. The van der Waals surface area contributed by atoms with Crippen molar-refractivity contribution in [2.24, 2.45) is 0 Å². The van der Waals surface area contributed by atoms with Crippen LogP contribution in [0.5, 0.6) is 11.5 Å². The van der Waals surface area contributed by atoms with Crippen LogP contribution >= 0.6 is 15.9 Å². The lowest BCUT2D eigenvalue weighted by molar-refractivity contribution is 0.332. The number of rotatable bonds is 2. The molecule has 0 heterocycles. The summed E-state index contributed by atoms with van der Waals surface area (Å²) in [7, 11) is 0. The van der Waals surface area contributed by atoms with Crippen LogP contribution < -0.4 is 4.74 Å². The van der Waals surface area contributed by atoms with E-state index in [2.05, 4.69) is 15.9 Å². The van der Waals surface area contributed by atoms with Crippen molar-refractivity contribution in [1.82, 2.24) is 0 Å². The van der Waals surface area contributed by atoms with Gasteiger partial charge in [-0.3, -0.25) is 0 Å². The van der Waals surface area contributed by atoms with E-state index < -0.39 is 11.6 Å². The minimum Gasteiger partial charge on any atom is -0.504 e. The molecule has 0 amide bonds. The fourth-order valence-electron chi connectivity index (χ4n) is 0.789. The van der Waals surface area contributed by atoms with Gasteiger partial charge in [-0.1, -0.05) is 0 Å². The summed E-state index contributed by atoms with van der Waals surface area (Å²) in [6, 6.07) is 2.62. The number of hydrogen-bond donors (Lipinski definition) is 1. The molecule has 0 spiro atoms. The molecule has 1 aromatic rings. The van der Waals surface area contributed by atoms with E-state index >= 15 is 0 Å². The second-order valence-electron chi connectivity index (χ2n) is 2.14. The molecule has 0 aromatic heterocycles. The third-order valence-corrected chi connectivity index (χ3v) is 2.10. The molecule has 0 aliphatic carbocycles. The lowest BCUT2D eigenvalue weighted by Crippen LogP contribution is -1.93. The van der Waals surface area contributed by atoms with Crippen LogP contribution in [0.4, 0.5) is 4.39 Å². The number of ether oxygens (including phenoxy) is 1. The van der Waals surface area contributed by atoms with Crippen LogP contribution in [0.15, 0.2) is 16.6 Å². The number of phenols is 1. The molecule has 1 rings (SSSR count). The Balaban J connectivity index is 3.08. The molecule has 0 saturated heterocycles. The fourth-order valence-corrected chi connectivity index (χ4v) is 1.23. The van der Waals surface area contributed by atoms with Gasteiger partial charge < -0.3 is 9.84 Å². The molecule has 0 saturated carbocycles. The number of phenolic OH excluding ortho intramolecular Hbond substituents is 1. The van der Waals surface area contributed by atoms with Gasteiger partial charge in [0.25, 0.3) is 0 Å². The monoisotopic (exact) mass is 234 g/mol. The van der Waals surface area contributed by atoms with Crippen LogP contribution in [0.25, 0.3) is 0 Å². The first kappa shape index (κ1) is 9.32. The molecule has 0 fully saturated rings. The summed E-state index contributed by atoms with van der Waals surface area (Å²) in [5.41, 5.74) is 0. The highest BCUT2D eigenvalue weighted by Crippen LogP contribution is 2.35. The molecule has 0 aliphatic heterocycles. The van der Waals surface area contributed by atoms with Crippen molar-refractivity contribution in [2.75, 3.05) is 6.61 Å². The van der Waals surface area contributed by atoms with Crippen LogP contribution in [0.2, 0.25) is 0 Å². The second kappa shape index (κ2) is 3.76. The summed E-state index contributed by atoms with van der Waals surface area (Å²) >= 11 is 3.02. The molecule has 0 atom stereocenters. The standard InChI is InChI=1S/C8H8BrFO2/c1-2-12-6-4-3-5(10)8(11)7(6)9/h3-4,11H,2H2,1H3. The molecular formula is C8H8BrFO2. The molecule has 0 bridgehead atoms. The van der Waals surface area contributed by atoms with Crippen LogP contribution in [-0.4, -0.2) is 11.7 Å². The SMILES string of the molecule is CCOc1ccc(F)c(O)c1Br. The Morgan fingerprint density at radius 1 is 1.58 bits per heavy atom. The summed E-state index contributed by atoms with van der Waals surface area (Å²) in [6.07, 6.45) is 0. The van der Waals surface area contributed by atoms with Crippen LogP contribution in [0, 0.1) is 5.82 Å². The zero-order valence-electron chi connectivity index (χ0n) is 6.47. The van der Waals surface area contributed by atoms with E-state index in [4.69, 9.17) is 9.84 Å². The van der Waals surface area contributed by atoms with E-state index in [9.17, 15) is 4.39 Å². The Kier molecular flexibility index (Phi) is 2.92. The maximum atomic E-state index is 12.7. The van der Waals surface area contributed by atoms with Crippen molar-refractivity contribution in [2.45, 2.75) is 6.92 Å². The largest absolute Gasteiger partial charge is 0.504 e. The van der Waals surface area contributed by atoms with E-state index in [0.717, 1.165) is 6.07 Å². The highest BCUT2D eigenvalue weighted by atomic mass is 79.9. The number of halogens is 2. The maximum absolute atomic E-state index is 12.7. The first-order valence-electron chi connectivity index (χ1n) is 3.46. The van der Waals surface area contributed by atoms with Crippen molar-refractivity contribution in [1.29, 1.82) is 0 Å². The Morgan fingerprint density at radius 3 is 2.83 bits per heavy atom. The molecule has 12 heavy (non-hydrogen) atoms. The van der Waals surface area contributed by atoms with E-state index in [1.54, 1.807) is 0 Å². The van der Waals surface area contributed by atoms with Gasteiger partial charge in [0.1, 0.15) is 10.2 Å². The zero-order chi connectivity index (χ0) is 9.14. The third kappa shape index (κ3) is 1.69. The zero-order valence-corrected chi connectivity index (χ0v) is 8.06. The highest BCUT2D eigenvalue weighted by molar-refractivity contribution is 9.10.